The first kappa shape index (κ1) is 20.0. The largest absolute Gasteiger partial charge is 0.490 e. The number of hydrogen-bond donors (Lipinski definition) is 2. The van der Waals surface area contributed by atoms with Gasteiger partial charge in [0.2, 0.25) is 5.91 Å². The molecule has 0 bridgehead atoms. The molecule has 1 aliphatic carbocycles. The Hall–Kier alpha value is -1.75. The molecular formula is C22H34N2O3. The van der Waals surface area contributed by atoms with Gasteiger partial charge < -0.3 is 20.1 Å². The third-order valence-electron chi connectivity index (χ3n) is 5.75. The molecule has 1 aliphatic heterocycles. The Morgan fingerprint density at radius 1 is 1.11 bits per heavy atom. The summed E-state index contributed by atoms with van der Waals surface area (Å²) in [5, 5.41) is 6.68. The van der Waals surface area contributed by atoms with Crippen LogP contribution in [0.4, 0.5) is 0 Å². The van der Waals surface area contributed by atoms with Gasteiger partial charge in [0, 0.05) is 12.5 Å². The highest BCUT2D eigenvalue weighted by atomic mass is 16.5. The Balaban J connectivity index is 1.61. The summed E-state index contributed by atoms with van der Waals surface area (Å²) in [6.45, 7) is 8.27. The quantitative estimate of drug-likeness (QED) is 0.794. The third kappa shape index (κ3) is 5.38. The van der Waals surface area contributed by atoms with Crippen LogP contribution in [0.3, 0.4) is 0 Å². The third-order valence-corrected chi connectivity index (χ3v) is 5.75. The molecule has 5 nitrogen and oxygen atoms in total. The van der Waals surface area contributed by atoms with Crippen molar-refractivity contribution in [2.24, 2.45) is 11.8 Å². The lowest BCUT2D eigenvalue weighted by Gasteiger charge is -2.30. The van der Waals surface area contributed by atoms with E-state index < -0.39 is 0 Å². The molecule has 5 heteroatoms. The fourth-order valence-corrected chi connectivity index (χ4v) is 4.08. The zero-order valence-corrected chi connectivity index (χ0v) is 16.9. The first-order valence-electron chi connectivity index (χ1n) is 10.5. The lowest BCUT2D eigenvalue weighted by Crippen LogP contribution is -2.44. The maximum Gasteiger partial charge on any atom is 0.234 e. The van der Waals surface area contributed by atoms with E-state index in [1.807, 2.05) is 18.2 Å². The van der Waals surface area contributed by atoms with Crippen LogP contribution in [0, 0.1) is 11.8 Å². The molecule has 1 amide bonds. The lowest BCUT2D eigenvalue weighted by atomic mass is 9.86. The van der Waals surface area contributed by atoms with Gasteiger partial charge in [0.05, 0.1) is 25.8 Å². The number of benzene rings is 1. The number of hydrogen-bond acceptors (Lipinski definition) is 4. The van der Waals surface area contributed by atoms with E-state index in [2.05, 4.69) is 31.4 Å². The molecule has 0 aromatic heterocycles. The molecule has 150 valence electrons. The number of fused-ring (bicyclic) bond motifs is 1. The van der Waals surface area contributed by atoms with Gasteiger partial charge in [-0.2, -0.15) is 0 Å². The summed E-state index contributed by atoms with van der Waals surface area (Å²) < 4.78 is 11.5. The maximum absolute atomic E-state index is 12.6. The fraction of sp³-hybridized carbons (Fsp3) is 0.682. The highest BCUT2D eigenvalue weighted by Gasteiger charge is 2.24. The van der Waals surface area contributed by atoms with E-state index >= 15 is 0 Å². The molecule has 1 saturated carbocycles. The number of ether oxygens (including phenoxy) is 2. The Morgan fingerprint density at radius 2 is 1.85 bits per heavy atom. The Morgan fingerprint density at radius 3 is 2.59 bits per heavy atom. The number of nitrogens with one attached hydrogen (secondary N) is 2. The second kappa shape index (κ2) is 9.45. The van der Waals surface area contributed by atoms with E-state index in [1.54, 1.807) is 0 Å². The first-order valence-corrected chi connectivity index (χ1v) is 10.5. The van der Waals surface area contributed by atoms with Gasteiger partial charge in [0.15, 0.2) is 11.5 Å². The summed E-state index contributed by atoms with van der Waals surface area (Å²) in [6, 6.07) is 6.43. The number of carbonyl (C=O) groups excluding carboxylic acids is 1. The monoisotopic (exact) mass is 374 g/mol. The Labute approximate surface area is 163 Å². The van der Waals surface area contributed by atoms with Gasteiger partial charge in [-0.1, -0.05) is 39.7 Å². The summed E-state index contributed by atoms with van der Waals surface area (Å²) in [7, 11) is 0. The van der Waals surface area contributed by atoms with Crippen LogP contribution in [-0.4, -0.2) is 31.7 Å². The van der Waals surface area contributed by atoms with Crippen molar-refractivity contribution in [2.45, 2.75) is 65.0 Å². The molecule has 3 atom stereocenters. The van der Waals surface area contributed by atoms with Crippen LogP contribution in [-0.2, 0) is 4.79 Å². The molecule has 2 N–H and O–H groups in total. The molecule has 0 radical (unpaired) electrons. The van der Waals surface area contributed by atoms with Crippen LogP contribution in [0.5, 0.6) is 11.5 Å². The topological polar surface area (TPSA) is 59.6 Å². The number of rotatable bonds is 6. The van der Waals surface area contributed by atoms with E-state index in [-0.39, 0.29) is 17.9 Å². The summed E-state index contributed by atoms with van der Waals surface area (Å²) in [6.07, 6.45) is 5.88. The predicted molar refractivity (Wildman–Crippen MR) is 107 cm³/mol. The van der Waals surface area contributed by atoms with E-state index in [0.717, 1.165) is 23.5 Å². The minimum Gasteiger partial charge on any atom is -0.490 e. The van der Waals surface area contributed by atoms with Crippen molar-refractivity contribution < 1.29 is 14.3 Å². The molecular weight excluding hydrogens is 340 g/mol. The Bertz CT molecular complexity index is 632. The van der Waals surface area contributed by atoms with E-state index in [0.29, 0.717) is 31.7 Å². The molecule has 1 aromatic carbocycles. The molecule has 27 heavy (non-hydrogen) atoms. The van der Waals surface area contributed by atoms with Gasteiger partial charge in [-0.3, -0.25) is 4.79 Å². The van der Waals surface area contributed by atoms with Gasteiger partial charge in [0.25, 0.3) is 0 Å². The summed E-state index contributed by atoms with van der Waals surface area (Å²) >= 11 is 0. The Kier molecular flexibility index (Phi) is 7.00. The molecule has 1 heterocycles. The second-order valence-electron chi connectivity index (χ2n) is 8.29. The van der Waals surface area contributed by atoms with Crippen molar-refractivity contribution in [1.29, 1.82) is 0 Å². The zero-order valence-electron chi connectivity index (χ0n) is 16.9. The molecule has 0 saturated heterocycles. The van der Waals surface area contributed by atoms with Crippen molar-refractivity contribution in [2.75, 3.05) is 19.8 Å². The van der Waals surface area contributed by atoms with Crippen LogP contribution >= 0.6 is 0 Å². The number of amides is 1. The van der Waals surface area contributed by atoms with Crippen LogP contribution in [0.15, 0.2) is 18.2 Å². The van der Waals surface area contributed by atoms with Gasteiger partial charge >= 0.3 is 0 Å². The molecule has 3 unspecified atom stereocenters. The van der Waals surface area contributed by atoms with Crippen LogP contribution in [0.1, 0.15) is 64.5 Å². The molecule has 0 spiro atoms. The van der Waals surface area contributed by atoms with Gasteiger partial charge in [-0.25, -0.2) is 0 Å². The van der Waals surface area contributed by atoms with Crippen molar-refractivity contribution in [1.82, 2.24) is 10.6 Å². The zero-order chi connectivity index (χ0) is 19.2. The second-order valence-corrected chi connectivity index (χ2v) is 8.29. The van der Waals surface area contributed by atoms with Crippen molar-refractivity contribution in [3.63, 3.8) is 0 Å². The van der Waals surface area contributed by atoms with E-state index in [1.165, 1.54) is 25.7 Å². The average Bonchev–Trinajstić information content (AvgIpc) is 2.90. The van der Waals surface area contributed by atoms with Crippen molar-refractivity contribution in [3.8, 4) is 11.5 Å². The molecule has 1 aromatic rings. The lowest BCUT2D eigenvalue weighted by molar-refractivity contribution is -0.121. The average molecular weight is 375 g/mol. The maximum atomic E-state index is 12.6. The van der Waals surface area contributed by atoms with Crippen molar-refractivity contribution >= 4 is 5.91 Å². The predicted octanol–water partition coefficient (Wildman–Crippen LogP) is 3.83. The summed E-state index contributed by atoms with van der Waals surface area (Å²) in [4.78, 5) is 12.6. The van der Waals surface area contributed by atoms with Gasteiger partial charge in [0.1, 0.15) is 0 Å². The SMILES string of the molecule is CC(C)C(NC(=O)CNC1CCCCC1C)c1ccc2c(c1)OCCCO2. The minimum absolute atomic E-state index is 0.0415. The highest BCUT2D eigenvalue weighted by molar-refractivity contribution is 5.78. The van der Waals surface area contributed by atoms with Crippen LogP contribution < -0.4 is 20.1 Å². The van der Waals surface area contributed by atoms with Crippen LogP contribution in [0.25, 0.3) is 0 Å². The van der Waals surface area contributed by atoms with E-state index in [4.69, 9.17) is 9.47 Å². The standard InChI is InChI=1S/C22H34N2O3/c1-15(2)22(17-9-10-19-20(13-17)27-12-6-11-26-19)24-21(25)14-23-18-8-5-4-7-16(18)3/h9-10,13,15-16,18,22-23H,4-8,11-12,14H2,1-3H3,(H,24,25). The highest BCUT2D eigenvalue weighted by Crippen LogP contribution is 2.34. The molecule has 2 aliphatic rings. The van der Waals surface area contributed by atoms with E-state index in [9.17, 15) is 4.79 Å². The molecule has 1 fully saturated rings. The first-order chi connectivity index (χ1) is 13.0. The van der Waals surface area contributed by atoms with Crippen LogP contribution in [0.2, 0.25) is 0 Å². The minimum atomic E-state index is -0.0415. The fourth-order valence-electron chi connectivity index (χ4n) is 4.08. The van der Waals surface area contributed by atoms with Crippen molar-refractivity contribution in [3.05, 3.63) is 23.8 Å². The van der Waals surface area contributed by atoms with Gasteiger partial charge in [-0.05, 0) is 42.4 Å². The number of carbonyl (C=O) groups is 1. The summed E-state index contributed by atoms with van der Waals surface area (Å²) in [5.41, 5.74) is 1.06. The smallest absolute Gasteiger partial charge is 0.234 e. The normalized spacial score (nSPS) is 23.6. The van der Waals surface area contributed by atoms with Gasteiger partial charge in [-0.15, -0.1) is 0 Å². The molecule has 3 rings (SSSR count). The summed E-state index contributed by atoms with van der Waals surface area (Å²) in [5.74, 6) is 2.55.